The molecule has 0 aliphatic carbocycles. The quantitative estimate of drug-likeness (QED) is 0.898. The smallest absolute Gasteiger partial charge is 0.251 e. The zero-order chi connectivity index (χ0) is 12.3. The minimum absolute atomic E-state index is 0.171. The molecule has 1 unspecified atom stereocenters. The summed E-state index contributed by atoms with van der Waals surface area (Å²) in [5.74, 6) is 0.283. The van der Waals surface area contributed by atoms with Crippen molar-refractivity contribution in [3.8, 4) is 0 Å². The molecule has 0 saturated carbocycles. The van der Waals surface area contributed by atoms with E-state index < -0.39 is 0 Å². The Morgan fingerprint density at radius 3 is 2.71 bits per heavy atom. The van der Waals surface area contributed by atoms with Crippen LogP contribution in [-0.2, 0) is 0 Å². The number of nitrogens with zero attached hydrogens (tertiary/aromatic N) is 3. The molecular formula is C10H10BrN5O. The first-order valence-electron chi connectivity index (χ1n) is 4.96. The number of benzene rings is 1. The number of H-pyrrole nitrogens is 1. The summed E-state index contributed by atoms with van der Waals surface area (Å²) in [4.78, 5) is 11.8. The molecule has 0 fully saturated rings. The average Bonchev–Trinajstić information content (AvgIpc) is 2.83. The Kier molecular flexibility index (Phi) is 3.48. The zero-order valence-electron chi connectivity index (χ0n) is 9.01. The van der Waals surface area contributed by atoms with E-state index in [1.807, 2.05) is 12.1 Å². The van der Waals surface area contributed by atoms with Gasteiger partial charge in [0.2, 0.25) is 0 Å². The summed E-state index contributed by atoms with van der Waals surface area (Å²) in [6.07, 6.45) is 0. The molecule has 0 spiro atoms. The maximum atomic E-state index is 11.8. The lowest BCUT2D eigenvalue weighted by molar-refractivity contribution is 0.0938. The SMILES string of the molecule is CC(NC(=O)c1ccc(Br)cc1)c1nn[nH]n1. The number of carbonyl (C=O) groups is 1. The van der Waals surface area contributed by atoms with E-state index in [0.29, 0.717) is 11.4 Å². The molecule has 0 saturated heterocycles. The molecule has 0 aliphatic rings. The van der Waals surface area contributed by atoms with Gasteiger partial charge in [0.05, 0.1) is 6.04 Å². The van der Waals surface area contributed by atoms with Crippen LogP contribution < -0.4 is 5.32 Å². The van der Waals surface area contributed by atoms with Crippen molar-refractivity contribution in [1.29, 1.82) is 0 Å². The van der Waals surface area contributed by atoms with Crippen molar-refractivity contribution >= 4 is 21.8 Å². The fraction of sp³-hybridized carbons (Fsp3) is 0.200. The fourth-order valence-corrected chi connectivity index (χ4v) is 1.56. The summed E-state index contributed by atoms with van der Waals surface area (Å²) in [6.45, 7) is 1.79. The fourth-order valence-electron chi connectivity index (χ4n) is 1.30. The summed E-state index contributed by atoms with van der Waals surface area (Å²) in [5.41, 5.74) is 0.587. The molecule has 1 heterocycles. The monoisotopic (exact) mass is 295 g/mol. The number of amides is 1. The van der Waals surface area contributed by atoms with Crippen molar-refractivity contribution in [2.75, 3.05) is 0 Å². The van der Waals surface area contributed by atoms with Crippen molar-refractivity contribution in [2.45, 2.75) is 13.0 Å². The Bertz CT molecular complexity index is 496. The molecule has 1 aromatic heterocycles. The highest BCUT2D eigenvalue weighted by Gasteiger charge is 2.14. The average molecular weight is 296 g/mol. The summed E-state index contributed by atoms with van der Waals surface area (Å²) in [5, 5.41) is 16.2. The molecule has 2 N–H and O–H groups in total. The van der Waals surface area contributed by atoms with Crippen molar-refractivity contribution < 1.29 is 4.79 Å². The molecule has 0 radical (unpaired) electrons. The van der Waals surface area contributed by atoms with Gasteiger partial charge in [-0.3, -0.25) is 4.79 Å². The van der Waals surface area contributed by atoms with Crippen LogP contribution in [-0.4, -0.2) is 26.5 Å². The van der Waals surface area contributed by atoms with Crippen LogP contribution in [0.3, 0.4) is 0 Å². The van der Waals surface area contributed by atoms with E-state index in [-0.39, 0.29) is 11.9 Å². The minimum Gasteiger partial charge on any atom is -0.342 e. The van der Waals surface area contributed by atoms with Gasteiger partial charge in [-0.25, -0.2) is 0 Å². The van der Waals surface area contributed by atoms with Gasteiger partial charge in [0.25, 0.3) is 5.91 Å². The summed E-state index contributed by atoms with van der Waals surface area (Å²) >= 11 is 3.31. The second-order valence-electron chi connectivity index (χ2n) is 3.47. The van der Waals surface area contributed by atoms with Crippen molar-refractivity contribution in [3.63, 3.8) is 0 Å². The predicted molar refractivity (Wildman–Crippen MR) is 64.2 cm³/mol. The number of hydrogen-bond donors (Lipinski definition) is 2. The lowest BCUT2D eigenvalue weighted by Crippen LogP contribution is -2.27. The molecule has 2 aromatic rings. The second-order valence-corrected chi connectivity index (χ2v) is 4.39. The first-order valence-corrected chi connectivity index (χ1v) is 5.76. The maximum Gasteiger partial charge on any atom is 0.251 e. The van der Waals surface area contributed by atoms with Crippen molar-refractivity contribution in [3.05, 3.63) is 40.1 Å². The van der Waals surface area contributed by atoms with Gasteiger partial charge in [-0.1, -0.05) is 21.1 Å². The molecule has 1 amide bonds. The van der Waals surface area contributed by atoms with Crippen LogP contribution in [0.4, 0.5) is 0 Å². The Labute approximate surface area is 106 Å². The molecule has 1 aromatic carbocycles. The molecule has 6 nitrogen and oxygen atoms in total. The first kappa shape index (κ1) is 11.7. The van der Waals surface area contributed by atoms with E-state index in [1.54, 1.807) is 19.1 Å². The highest BCUT2D eigenvalue weighted by Crippen LogP contribution is 2.11. The topological polar surface area (TPSA) is 83.6 Å². The Hall–Kier alpha value is -1.76. The number of carbonyl (C=O) groups excluding carboxylic acids is 1. The standard InChI is InChI=1S/C10H10BrN5O/c1-6(9-13-15-16-14-9)12-10(17)7-2-4-8(11)5-3-7/h2-6H,1H3,(H,12,17)(H,13,14,15,16). The molecule has 0 bridgehead atoms. The number of nitrogens with one attached hydrogen (secondary N) is 2. The Morgan fingerprint density at radius 2 is 2.12 bits per heavy atom. The molecule has 88 valence electrons. The van der Waals surface area contributed by atoms with E-state index in [4.69, 9.17) is 0 Å². The van der Waals surface area contributed by atoms with E-state index in [1.165, 1.54) is 0 Å². The largest absolute Gasteiger partial charge is 0.342 e. The van der Waals surface area contributed by atoms with Gasteiger partial charge in [-0.15, -0.1) is 10.2 Å². The van der Waals surface area contributed by atoms with E-state index >= 15 is 0 Å². The number of tetrazole rings is 1. The van der Waals surface area contributed by atoms with Crippen LogP contribution in [0.15, 0.2) is 28.7 Å². The van der Waals surface area contributed by atoms with Gasteiger partial charge in [0.15, 0.2) is 5.82 Å². The van der Waals surface area contributed by atoms with Gasteiger partial charge < -0.3 is 5.32 Å². The predicted octanol–water partition coefficient (Wildman–Crippen LogP) is 1.45. The van der Waals surface area contributed by atoms with Crippen LogP contribution >= 0.6 is 15.9 Å². The van der Waals surface area contributed by atoms with E-state index in [2.05, 4.69) is 41.9 Å². The number of aromatic nitrogens is 4. The van der Waals surface area contributed by atoms with Gasteiger partial charge in [0.1, 0.15) is 0 Å². The minimum atomic E-state index is -0.287. The maximum absolute atomic E-state index is 11.8. The third-order valence-corrected chi connectivity index (χ3v) is 2.73. The zero-order valence-corrected chi connectivity index (χ0v) is 10.6. The number of aromatic amines is 1. The van der Waals surface area contributed by atoms with Crippen molar-refractivity contribution in [1.82, 2.24) is 25.9 Å². The second kappa shape index (κ2) is 5.05. The van der Waals surface area contributed by atoms with Crippen molar-refractivity contribution in [2.24, 2.45) is 0 Å². The van der Waals surface area contributed by atoms with Crippen LogP contribution in [0, 0.1) is 0 Å². The Balaban J connectivity index is 2.04. The lowest BCUT2D eigenvalue weighted by atomic mass is 10.2. The normalized spacial score (nSPS) is 12.1. The molecule has 2 rings (SSSR count). The van der Waals surface area contributed by atoms with Crippen LogP contribution in [0.1, 0.15) is 29.1 Å². The third kappa shape index (κ3) is 2.88. The summed E-state index contributed by atoms with van der Waals surface area (Å²) in [6, 6.07) is 6.82. The first-order chi connectivity index (χ1) is 8.16. The van der Waals surface area contributed by atoms with Gasteiger partial charge in [-0.05, 0) is 31.2 Å². The van der Waals surface area contributed by atoms with E-state index in [0.717, 1.165) is 4.47 Å². The highest BCUT2D eigenvalue weighted by atomic mass is 79.9. The summed E-state index contributed by atoms with van der Waals surface area (Å²) < 4.78 is 0.931. The molecular weight excluding hydrogens is 286 g/mol. The highest BCUT2D eigenvalue weighted by molar-refractivity contribution is 9.10. The van der Waals surface area contributed by atoms with Crippen LogP contribution in [0.2, 0.25) is 0 Å². The van der Waals surface area contributed by atoms with E-state index in [9.17, 15) is 4.79 Å². The third-order valence-electron chi connectivity index (χ3n) is 2.20. The van der Waals surface area contributed by atoms with Crippen LogP contribution in [0.25, 0.3) is 0 Å². The number of halogens is 1. The molecule has 0 aliphatic heterocycles. The van der Waals surface area contributed by atoms with Gasteiger partial charge >= 0.3 is 0 Å². The molecule has 17 heavy (non-hydrogen) atoms. The Morgan fingerprint density at radius 1 is 1.41 bits per heavy atom. The molecule has 1 atom stereocenters. The number of hydrogen-bond acceptors (Lipinski definition) is 4. The molecule has 7 heteroatoms. The lowest BCUT2D eigenvalue weighted by Gasteiger charge is -2.09. The van der Waals surface area contributed by atoms with Crippen LogP contribution in [0.5, 0.6) is 0 Å². The number of rotatable bonds is 3. The van der Waals surface area contributed by atoms with Gasteiger partial charge in [-0.2, -0.15) is 5.21 Å². The van der Waals surface area contributed by atoms with Gasteiger partial charge in [0, 0.05) is 10.0 Å². The summed E-state index contributed by atoms with van der Waals surface area (Å²) in [7, 11) is 0.